The molecule has 0 saturated carbocycles. The summed E-state index contributed by atoms with van der Waals surface area (Å²) in [7, 11) is 1.20. The third kappa shape index (κ3) is 10.3. The molecule has 0 aliphatic carbocycles. The van der Waals surface area contributed by atoms with Gasteiger partial charge in [-0.15, -0.1) is 0 Å². The summed E-state index contributed by atoms with van der Waals surface area (Å²) in [6.45, 7) is 0.389. The molecule has 248 valence electrons. The third-order valence-corrected chi connectivity index (χ3v) is 8.27. The lowest BCUT2D eigenvalue weighted by Crippen LogP contribution is -2.24. The maximum absolute atomic E-state index is 13.6. The summed E-state index contributed by atoms with van der Waals surface area (Å²) in [4.78, 5) is 24.9. The number of alkyl halides is 3. The molecule has 0 aliphatic rings. The van der Waals surface area contributed by atoms with E-state index in [0.29, 0.717) is 16.6 Å². The minimum atomic E-state index is -4.57. The first-order valence-corrected chi connectivity index (χ1v) is 16.2. The van der Waals surface area contributed by atoms with E-state index in [1.54, 1.807) is 12.1 Å². The van der Waals surface area contributed by atoms with Crippen LogP contribution in [0.15, 0.2) is 89.4 Å². The van der Waals surface area contributed by atoms with Crippen molar-refractivity contribution in [3.8, 4) is 22.6 Å². The van der Waals surface area contributed by atoms with Crippen LogP contribution in [0.3, 0.4) is 0 Å². The Balaban J connectivity index is 1.41. The number of phenols is 1. The maximum atomic E-state index is 13.6. The number of methoxy groups -OCH3 is 1. The van der Waals surface area contributed by atoms with E-state index in [1.807, 2.05) is 6.07 Å². The Morgan fingerprint density at radius 2 is 1.55 bits per heavy atom. The number of hydrogen-bond acceptors (Lipinski definition) is 5. The number of rotatable bonds is 15. The van der Waals surface area contributed by atoms with Crippen molar-refractivity contribution >= 4 is 27.8 Å². The largest absolute Gasteiger partial charge is 0.507 e. The van der Waals surface area contributed by atoms with Gasteiger partial charge in [-0.25, -0.2) is 4.79 Å². The van der Waals surface area contributed by atoms with Crippen molar-refractivity contribution < 1.29 is 37.3 Å². The van der Waals surface area contributed by atoms with Gasteiger partial charge in [0.05, 0.1) is 17.1 Å². The summed E-state index contributed by atoms with van der Waals surface area (Å²) in [6.07, 6.45) is 2.81. The molecule has 0 saturated heterocycles. The fourth-order valence-corrected chi connectivity index (χ4v) is 5.74. The molecule has 0 unspecified atom stereocenters. The zero-order valence-electron chi connectivity index (χ0n) is 26.0. The van der Waals surface area contributed by atoms with Crippen LogP contribution in [0.1, 0.15) is 75.9 Å². The molecule has 0 heterocycles. The SMILES string of the molecule is COC(=O)c1ccc(COc2c(Br)cc(C(=O)NCCCCCCCCc3ccccc3)cc2-c2cccc(C(F)(F)F)c2)cc1O. The fraction of sp³-hybridized carbons (Fsp3) is 0.297. The number of hydrogen-bond donors (Lipinski definition) is 2. The van der Waals surface area contributed by atoms with E-state index in [1.165, 1.54) is 43.0 Å². The third-order valence-electron chi connectivity index (χ3n) is 7.68. The highest BCUT2D eigenvalue weighted by atomic mass is 79.9. The number of benzene rings is 4. The van der Waals surface area contributed by atoms with Crippen LogP contribution in [0.2, 0.25) is 0 Å². The van der Waals surface area contributed by atoms with Crippen molar-refractivity contribution in [2.45, 2.75) is 57.7 Å². The molecular weight excluding hydrogens is 675 g/mol. The normalized spacial score (nSPS) is 11.3. The summed E-state index contributed by atoms with van der Waals surface area (Å²) in [5, 5.41) is 13.2. The molecule has 4 aromatic carbocycles. The number of aryl methyl sites for hydroxylation is 1. The van der Waals surface area contributed by atoms with Crippen LogP contribution >= 0.6 is 15.9 Å². The Morgan fingerprint density at radius 1 is 0.830 bits per heavy atom. The second-order valence-corrected chi connectivity index (χ2v) is 12.0. The van der Waals surface area contributed by atoms with E-state index >= 15 is 0 Å². The highest BCUT2D eigenvalue weighted by molar-refractivity contribution is 9.10. The van der Waals surface area contributed by atoms with Crippen LogP contribution in [0.4, 0.5) is 13.2 Å². The summed E-state index contributed by atoms with van der Waals surface area (Å²) in [5.41, 5.74) is 1.74. The van der Waals surface area contributed by atoms with Crippen molar-refractivity contribution in [3.05, 3.63) is 117 Å². The van der Waals surface area contributed by atoms with E-state index in [0.717, 1.165) is 57.1 Å². The summed E-state index contributed by atoms with van der Waals surface area (Å²) in [6, 6.07) is 22.6. The van der Waals surface area contributed by atoms with Crippen LogP contribution in [0.5, 0.6) is 11.5 Å². The number of amides is 1. The molecule has 2 N–H and O–H groups in total. The van der Waals surface area contributed by atoms with Gasteiger partial charge in [0.15, 0.2) is 0 Å². The quantitative estimate of drug-likeness (QED) is 0.0948. The van der Waals surface area contributed by atoms with Gasteiger partial charge < -0.3 is 19.9 Å². The van der Waals surface area contributed by atoms with Crippen LogP contribution in [0, 0.1) is 0 Å². The predicted molar refractivity (Wildman–Crippen MR) is 179 cm³/mol. The number of ether oxygens (including phenoxy) is 2. The highest BCUT2D eigenvalue weighted by Gasteiger charge is 2.31. The van der Waals surface area contributed by atoms with Crippen molar-refractivity contribution in [3.63, 3.8) is 0 Å². The van der Waals surface area contributed by atoms with Crippen LogP contribution in [-0.2, 0) is 23.9 Å². The minimum absolute atomic E-state index is 0.0173. The molecule has 4 rings (SSSR count). The second-order valence-electron chi connectivity index (χ2n) is 11.2. The molecule has 0 fully saturated rings. The summed E-state index contributed by atoms with van der Waals surface area (Å²) >= 11 is 3.45. The average molecular weight is 713 g/mol. The number of carbonyl (C=O) groups excluding carboxylic acids is 2. The predicted octanol–water partition coefficient (Wildman–Crippen LogP) is 9.52. The molecular formula is C37H37BrF3NO5. The maximum Gasteiger partial charge on any atom is 0.416 e. The number of phenolic OH excluding ortho intramolecular Hbond substituents is 1. The van der Waals surface area contributed by atoms with Gasteiger partial charge in [-0.1, -0.05) is 74.2 Å². The molecule has 4 aromatic rings. The molecule has 6 nitrogen and oxygen atoms in total. The molecule has 1 amide bonds. The van der Waals surface area contributed by atoms with Gasteiger partial charge in [-0.05, 0) is 88.3 Å². The van der Waals surface area contributed by atoms with Crippen LogP contribution in [0.25, 0.3) is 11.1 Å². The molecule has 0 bridgehead atoms. The van der Waals surface area contributed by atoms with E-state index < -0.39 is 17.7 Å². The molecule has 0 radical (unpaired) electrons. The van der Waals surface area contributed by atoms with Crippen molar-refractivity contribution in [1.29, 1.82) is 0 Å². The number of halogens is 4. The molecule has 10 heteroatoms. The Hall–Kier alpha value is -4.31. The zero-order valence-corrected chi connectivity index (χ0v) is 27.6. The Bertz CT molecular complexity index is 1660. The zero-order chi connectivity index (χ0) is 33.8. The average Bonchev–Trinajstić information content (AvgIpc) is 3.06. The first-order chi connectivity index (χ1) is 22.6. The summed E-state index contributed by atoms with van der Waals surface area (Å²) in [5.74, 6) is -1.14. The van der Waals surface area contributed by atoms with Gasteiger partial charge in [0.25, 0.3) is 5.91 Å². The standard InChI is InChI=1S/C37H37BrF3NO5/c1-46-36(45)30-18-17-26(20-33(30)43)24-47-34-31(27-15-11-16-29(21-27)37(39,40)41)22-28(23-32(34)38)35(44)42-19-10-5-3-2-4-7-12-25-13-8-6-9-14-25/h6,8-9,11,13-18,20-23,43H,2-5,7,10,12,19,24H2,1H3,(H,42,44). The van der Waals surface area contributed by atoms with E-state index in [2.05, 4.69) is 50.2 Å². The lowest BCUT2D eigenvalue weighted by molar-refractivity contribution is -0.137. The topological polar surface area (TPSA) is 84.9 Å². The first kappa shape index (κ1) is 35.5. The summed E-state index contributed by atoms with van der Waals surface area (Å²) < 4.78 is 51.8. The van der Waals surface area contributed by atoms with Gasteiger partial charge in [0, 0.05) is 17.7 Å². The molecule has 0 aliphatic heterocycles. The first-order valence-electron chi connectivity index (χ1n) is 15.4. The number of aromatic hydroxyl groups is 1. The van der Waals surface area contributed by atoms with Gasteiger partial charge >= 0.3 is 12.1 Å². The van der Waals surface area contributed by atoms with E-state index in [-0.39, 0.29) is 46.3 Å². The molecule has 0 aromatic heterocycles. The van der Waals surface area contributed by atoms with Gasteiger partial charge in [-0.3, -0.25) is 4.79 Å². The van der Waals surface area contributed by atoms with Crippen LogP contribution in [-0.4, -0.2) is 30.6 Å². The Morgan fingerprint density at radius 3 is 2.26 bits per heavy atom. The monoisotopic (exact) mass is 711 g/mol. The van der Waals surface area contributed by atoms with Crippen molar-refractivity contribution in [2.75, 3.05) is 13.7 Å². The van der Waals surface area contributed by atoms with Crippen molar-refractivity contribution in [1.82, 2.24) is 5.32 Å². The number of unbranched alkanes of at least 4 members (excludes halogenated alkanes) is 5. The smallest absolute Gasteiger partial charge is 0.416 e. The lowest BCUT2D eigenvalue weighted by atomic mass is 9.99. The number of nitrogens with one attached hydrogen (secondary N) is 1. The van der Waals surface area contributed by atoms with Gasteiger partial charge in [-0.2, -0.15) is 13.2 Å². The van der Waals surface area contributed by atoms with Crippen molar-refractivity contribution in [2.24, 2.45) is 0 Å². The van der Waals surface area contributed by atoms with Gasteiger partial charge in [0.1, 0.15) is 23.7 Å². The fourth-order valence-electron chi connectivity index (χ4n) is 5.16. The Labute approximate surface area is 281 Å². The van der Waals surface area contributed by atoms with Crippen LogP contribution < -0.4 is 10.1 Å². The van der Waals surface area contributed by atoms with Gasteiger partial charge in [0.2, 0.25) is 0 Å². The van der Waals surface area contributed by atoms with E-state index in [9.17, 15) is 27.9 Å². The Kier molecular flexibility index (Phi) is 12.9. The number of esters is 1. The second kappa shape index (κ2) is 17.0. The molecule has 47 heavy (non-hydrogen) atoms. The molecule has 0 spiro atoms. The minimum Gasteiger partial charge on any atom is -0.507 e. The lowest BCUT2D eigenvalue weighted by Gasteiger charge is -2.17. The van der Waals surface area contributed by atoms with E-state index in [4.69, 9.17) is 4.74 Å². The number of carbonyl (C=O) groups is 2. The molecule has 0 atom stereocenters. The highest BCUT2D eigenvalue weighted by Crippen LogP contribution is 2.40.